The number of hydrogen-bond acceptors (Lipinski definition) is 7. The molecule has 4 heterocycles. The van der Waals surface area contributed by atoms with E-state index in [1.807, 2.05) is 0 Å². The molecule has 254 valence electrons. The second-order valence-electron chi connectivity index (χ2n) is 15.1. The van der Waals surface area contributed by atoms with Crippen molar-refractivity contribution < 1.29 is 32.7 Å². The molecule has 1 spiro atoms. The molecule has 2 aliphatic carbocycles. The van der Waals surface area contributed by atoms with Crippen LogP contribution in [-0.2, 0) is 19.1 Å². The molecule has 10 nitrogen and oxygen atoms in total. The summed E-state index contributed by atoms with van der Waals surface area (Å²) in [4.78, 5) is 64.1. The number of rotatable bonds is 9. The normalized spacial score (nSPS) is 28.0. The summed E-state index contributed by atoms with van der Waals surface area (Å²) in [7, 11) is 0. The van der Waals surface area contributed by atoms with Gasteiger partial charge in [-0.25, -0.2) is 8.78 Å². The number of ether oxygens (including phenoxy) is 1. The lowest BCUT2D eigenvalue weighted by Gasteiger charge is -2.50. The number of aromatic nitrogens is 1. The van der Waals surface area contributed by atoms with Gasteiger partial charge in [0.1, 0.15) is 10.9 Å². The molecule has 3 aliphatic heterocycles. The lowest BCUT2D eigenvalue weighted by molar-refractivity contribution is -0.153. The van der Waals surface area contributed by atoms with Crippen LogP contribution in [0.2, 0.25) is 0 Å². The van der Waals surface area contributed by atoms with Gasteiger partial charge < -0.3 is 24.8 Å². The zero-order valence-corrected chi connectivity index (χ0v) is 28.0. The Kier molecular flexibility index (Phi) is 9.21. The zero-order chi connectivity index (χ0) is 32.9. The van der Waals surface area contributed by atoms with Gasteiger partial charge in [0.15, 0.2) is 0 Å². The second kappa shape index (κ2) is 12.7. The Morgan fingerprint density at radius 3 is 2.28 bits per heavy atom. The van der Waals surface area contributed by atoms with Gasteiger partial charge in [-0.05, 0) is 37.5 Å². The van der Waals surface area contributed by atoms with Crippen molar-refractivity contribution >= 4 is 35.0 Å². The van der Waals surface area contributed by atoms with Crippen LogP contribution >= 0.6 is 11.3 Å². The molecular formula is C33H47F2N5O5S. The molecule has 0 aromatic carbocycles. The van der Waals surface area contributed by atoms with Crippen LogP contribution in [0.25, 0.3) is 0 Å². The Balaban J connectivity index is 1.19. The molecule has 2 saturated carbocycles. The van der Waals surface area contributed by atoms with Gasteiger partial charge in [0, 0.05) is 70.0 Å². The highest BCUT2D eigenvalue weighted by atomic mass is 32.1. The maximum Gasteiger partial charge on any atom is 0.265 e. The quantitative estimate of drug-likeness (QED) is 0.430. The van der Waals surface area contributed by atoms with Crippen molar-refractivity contribution in [1.82, 2.24) is 25.0 Å². The Bertz CT molecular complexity index is 1300. The smallest absolute Gasteiger partial charge is 0.265 e. The minimum absolute atomic E-state index is 0.0276. The van der Waals surface area contributed by atoms with E-state index < -0.39 is 48.2 Å². The number of hydrogen-bond donors (Lipinski definition) is 1. The molecule has 1 N–H and O–H groups in total. The van der Waals surface area contributed by atoms with Crippen molar-refractivity contribution in [1.29, 1.82) is 0 Å². The van der Waals surface area contributed by atoms with Crippen LogP contribution in [0.3, 0.4) is 0 Å². The molecule has 0 radical (unpaired) electrons. The van der Waals surface area contributed by atoms with E-state index in [0.29, 0.717) is 37.0 Å². The fraction of sp³-hybridized carbons (Fsp3) is 0.788. The van der Waals surface area contributed by atoms with E-state index in [9.17, 15) is 28.0 Å². The van der Waals surface area contributed by atoms with E-state index >= 15 is 0 Å². The first-order valence-corrected chi connectivity index (χ1v) is 17.7. The summed E-state index contributed by atoms with van der Waals surface area (Å²) in [6, 6.07) is -1.06. The number of likely N-dealkylation sites (tertiary alicyclic amines) is 3. The Hall–Kier alpha value is -2.67. The maximum absolute atomic E-state index is 14.2. The van der Waals surface area contributed by atoms with Crippen LogP contribution in [0.15, 0.2) is 11.7 Å². The monoisotopic (exact) mass is 663 g/mol. The van der Waals surface area contributed by atoms with Gasteiger partial charge in [0.25, 0.3) is 11.8 Å². The Morgan fingerprint density at radius 1 is 1.02 bits per heavy atom. The van der Waals surface area contributed by atoms with Crippen LogP contribution in [-0.4, -0.2) is 107 Å². The molecule has 1 aromatic heterocycles. The van der Waals surface area contributed by atoms with Crippen molar-refractivity contribution in [3.05, 3.63) is 16.6 Å². The van der Waals surface area contributed by atoms with E-state index in [1.54, 1.807) is 22.2 Å². The van der Waals surface area contributed by atoms with E-state index in [0.717, 1.165) is 32.1 Å². The third-order valence-electron chi connectivity index (χ3n) is 11.2. The highest BCUT2D eigenvalue weighted by molar-refractivity contribution is 7.11. The molecular weight excluding hydrogens is 616 g/mol. The number of carbonyl (C=O) groups is 4. The molecule has 5 aliphatic rings. The van der Waals surface area contributed by atoms with Gasteiger partial charge in [-0.3, -0.25) is 24.2 Å². The SMILES string of the molecule is C[C@@H](OCC1CCCCC1)[C@H](NC(=O)[C@H]1CN(C(=O)c2cncs2)CC12CN(C(=O)[C@H]1CC1(C)C)C2)C(=O)N1CCC(F)(F)CC1. The molecule has 4 atom stereocenters. The first-order valence-electron chi connectivity index (χ1n) is 16.8. The summed E-state index contributed by atoms with van der Waals surface area (Å²) in [5.41, 5.74) is 0.915. The topological polar surface area (TPSA) is 112 Å². The maximum atomic E-state index is 14.2. The fourth-order valence-corrected chi connectivity index (χ4v) is 8.47. The summed E-state index contributed by atoms with van der Waals surface area (Å²) in [6.45, 7) is 7.37. The van der Waals surface area contributed by atoms with Crippen molar-refractivity contribution in [2.24, 2.45) is 28.6 Å². The van der Waals surface area contributed by atoms with E-state index in [2.05, 4.69) is 24.1 Å². The zero-order valence-electron chi connectivity index (χ0n) is 27.1. The van der Waals surface area contributed by atoms with Gasteiger partial charge in [-0.2, -0.15) is 0 Å². The average Bonchev–Trinajstić information content (AvgIpc) is 3.38. The van der Waals surface area contributed by atoms with Gasteiger partial charge >= 0.3 is 0 Å². The number of nitrogens with zero attached hydrogens (tertiary/aromatic N) is 4. The first-order chi connectivity index (χ1) is 21.8. The lowest BCUT2D eigenvalue weighted by atomic mass is 9.70. The minimum Gasteiger partial charge on any atom is -0.376 e. The lowest BCUT2D eigenvalue weighted by Crippen LogP contribution is -2.65. The van der Waals surface area contributed by atoms with Gasteiger partial charge in [-0.1, -0.05) is 33.1 Å². The van der Waals surface area contributed by atoms with Crippen molar-refractivity contribution in [2.75, 3.05) is 45.9 Å². The number of halogens is 2. The van der Waals surface area contributed by atoms with Crippen LogP contribution in [0.1, 0.15) is 81.8 Å². The molecule has 46 heavy (non-hydrogen) atoms. The third kappa shape index (κ3) is 6.81. The molecule has 4 amide bonds. The standard InChI is InChI=1S/C33H47F2N5O5S/c1-21(45-16-22-7-5-4-6-8-22)26(30(44)38-11-9-33(34,35)10-12-38)37-27(41)24-15-39(29(43)25-14-36-20-46-25)17-32(24)18-40(19-32)28(42)23-13-31(23,2)3/h14,20-24,26H,4-13,15-19H2,1-3H3,(H,37,41)/t21-,23-,24-,26+/m1/s1. The molecule has 6 rings (SSSR count). The Labute approximate surface area is 273 Å². The van der Waals surface area contributed by atoms with E-state index in [1.165, 1.54) is 28.9 Å². The van der Waals surface area contributed by atoms with Crippen molar-refractivity contribution in [2.45, 2.75) is 90.2 Å². The van der Waals surface area contributed by atoms with Crippen LogP contribution in [0.5, 0.6) is 0 Å². The summed E-state index contributed by atoms with van der Waals surface area (Å²) < 4.78 is 34.2. The summed E-state index contributed by atoms with van der Waals surface area (Å²) in [6.07, 6.45) is 6.43. The van der Waals surface area contributed by atoms with Gasteiger partial charge in [-0.15, -0.1) is 11.3 Å². The molecule has 0 bridgehead atoms. The number of alkyl halides is 2. The number of carbonyl (C=O) groups excluding carboxylic acids is 4. The average molecular weight is 664 g/mol. The van der Waals surface area contributed by atoms with E-state index in [4.69, 9.17) is 4.74 Å². The largest absolute Gasteiger partial charge is 0.376 e. The number of nitrogens with one attached hydrogen (secondary N) is 1. The van der Waals surface area contributed by atoms with Crippen LogP contribution in [0.4, 0.5) is 8.78 Å². The molecule has 0 unspecified atom stereocenters. The molecule has 13 heteroatoms. The summed E-state index contributed by atoms with van der Waals surface area (Å²) in [5.74, 6) is -4.06. The number of amides is 4. The third-order valence-corrected chi connectivity index (χ3v) is 11.9. The van der Waals surface area contributed by atoms with Gasteiger partial charge in [0.2, 0.25) is 17.7 Å². The molecule has 5 fully saturated rings. The van der Waals surface area contributed by atoms with Crippen molar-refractivity contribution in [3.8, 4) is 0 Å². The highest BCUT2D eigenvalue weighted by Crippen LogP contribution is 2.54. The second-order valence-corrected chi connectivity index (χ2v) is 16.0. The number of thiazole rings is 1. The predicted octanol–water partition coefficient (Wildman–Crippen LogP) is 3.82. The molecule has 1 aromatic rings. The van der Waals surface area contributed by atoms with Crippen molar-refractivity contribution in [3.63, 3.8) is 0 Å². The first kappa shape index (κ1) is 33.2. The Morgan fingerprint density at radius 2 is 1.67 bits per heavy atom. The fourth-order valence-electron chi connectivity index (χ4n) is 7.88. The molecule has 3 saturated heterocycles. The summed E-state index contributed by atoms with van der Waals surface area (Å²) >= 11 is 1.23. The van der Waals surface area contributed by atoms with E-state index in [-0.39, 0.29) is 48.7 Å². The van der Waals surface area contributed by atoms with Crippen LogP contribution in [0, 0.1) is 28.6 Å². The van der Waals surface area contributed by atoms with Gasteiger partial charge in [0.05, 0.1) is 23.7 Å². The summed E-state index contributed by atoms with van der Waals surface area (Å²) in [5, 5.41) is 2.98. The highest BCUT2D eigenvalue weighted by Gasteiger charge is 2.62. The predicted molar refractivity (Wildman–Crippen MR) is 167 cm³/mol. The minimum atomic E-state index is -2.81. The number of piperidine rings is 1. The van der Waals surface area contributed by atoms with Crippen LogP contribution < -0.4 is 5.32 Å².